The van der Waals surface area contributed by atoms with E-state index in [4.69, 9.17) is 16.3 Å². The summed E-state index contributed by atoms with van der Waals surface area (Å²) in [5.41, 5.74) is 3.13. The van der Waals surface area contributed by atoms with Gasteiger partial charge in [-0.2, -0.15) is 0 Å². The summed E-state index contributed by atoms with van der Waals surface area (Å²) in [7, 11) is 0. The lowest BCUT2D eigenvalue weighted by molar-refractivity contribution is -0.119. The Bertz CT molecular complexity index is 1070. The highest BCUT2D eigenvalue weighted by Crippen LogP contribution is 2.29. The molecule has 1 atom stereocenters. The molecule has 0 radical (unpaired) electrons. The third-order valence-electron chi connectivity index (χ3n) is 5.35. The van der Waals surface area contributed by atoms with Crippen LogP contribution < -0.4 is 10.2 Å². The summed E-state index contributed by atoms with van der Waals surface area (Å²) in [6.07, 6.45) is 0. The molecule has 1 amide bonds. The van der Waals surface area contributed by atoms with Gasteiger partial charge < -0.3 is 15.0 Å². The number of nitrogens with zero attached hydrogens (tertiary/aromatic N) is 4. The van der Waals surface area contributed by atoms with E-state index in [0.717, 1.165) is 35.9 Å². The third kappa shape index (κ3) is 5.26. The number of nitrogens with one attached hydrogen (secondary N) is 1. The molecule has 1 N–H and O–H groups in total. The molecule has 0 saturated carbocycles. The van der Waals surface area contributed by atoms with Crippen LogP contribution in [0.3, 0.4) is 0 Å². The number of morpholine rings is 1. The molecule has 1 fully saturated rings. The summed E-state index contributed by atoms with van der Waals surface area (Å²) in [4.78, 5) is 14.8. The second kappa shape index (κ2) is 10.4. The van der Waals surface area contributed by atoms with Crippen LogP contribution in [-0.2, 0) is 9.53 Å². The number of hydrogen-bond acceptors (Lipinski definition) is 6. The van der Waals surface area contributed by atoms with E-state index in [1.807, 2.05) is 47.9 Å². The number of para-hydroxylation sites is 1. The Morgan fingerprint density at radius 3 is 2.59 bits per heavy atom. The van der Waals surface area contributed by atoms with Crippen LogP contribution in [0.15, 0.2) is 53.7 Å². The minimum atomic E-state index is -0.112. The topological polar surface area (TPSA) is 72.3 Å². The quantitative estimate of drug-likeness (QED) is 0.524. The van der Waals surface area contributed by atoms with Gasteiger partial charge >= 0.3 is 0 Å². The van der Waals surface area contributed by atoms with Gasteiger partial charge in [-0.1, -0.05) is 53.7 Å². The highest BCUT2D eigenvalue weighted by molar-refractivity contribution is 7.99. The predicted octanol–water partition coefficient (Wildman–Crippen LogP) is 4.04. The van der Waals surface area contributed by atoms with Crippen LogP contribution in [0.5, 0.6) is 0 Å². The molecule has 1 saturated heterocycles. The lowest BCUT2D eigenvalue weighted by Gasteiger charge is -2.28. The largest absolute Gasteiger partial charge is 0.378 e. The number of halogens is 1. The molecule has 1 aromatic heterocycles. The number of aromatic nitrogens is 3. The Labute approximate surface area is 197 Å². The molecule has 1 aliphatic rings. The number of benzene rings is 2. The SMILES string of the molecule is Cc1ccccc1-n1c(SCC(=O)NC(C)c2ccc(Cl)cc2)nnc1N1CCOCC1. The fourth-order valence-corrected chi connectivity index (χ4v) is 4.47. The number of hydrogen-bond donors (Lipinski definition) is 1. The van der Waals surface area contributed by atoms with Crippen molar-refractivity contribution in [2.75, 3.05) is 37.0 Å². The molecule has 9 heteroatoms. The van der Waals surface area contributed by atoms with E-state index < -0.39 is 0 Å². The number of carbonyl (C=O) groups is 1. The molecule has 0 spiro atoms. The van der Waals surface area contributed by atoms with Gasteiger partial charge in [0.1, 0.15) is 0 Å². The van der Waals surface area contributed by atoms with Gasteiger partial charge in [0.15, 0.2) is 5.16 Å². The summed E-state index contributed by atoms with van der Waals surface area (Å²) in [5, 5.41) is 13.3. The molecule has 1 aliphatic heterocycles. The van der Waals surface area contributed by atoms with Gasteiger partial charge in [-0.05, 0) is 43.2 Å². The molecular formula is C23H26ClN5O2S. The van der Waals surface area contributed by atoms with Crippen LogP contribution in [0, 0.1) is 6.92 Å². The Morgan fingerprint density at radius 2 is 1.88 bits per heavy atom. The van der Waals surface area contributed by atoms with E-state index in [1.54, 1.807) is 0 Å². The average molecular weight is 472 g/mol. The minimum absolute atomic E-state index is 0.0651. The molecule has 2 aromatic carbocycles. The van der Waals surface area contributed by atoms with Gasteiger partial charge in [-0.15, -0.1) is 10.2 Å². The maximum atomic E-state index is 12.6. The van der Waals surface area contributed by atoms with E-state index >= 15 is 0 Å². The van der Waals surface area contributed by atoms with Gasteiger partial charge in [0.05, 0.1) is 30.7 Å². The van der Waals surface area contributed by atoms with Gasteiger partial charge in [0.25, 0.3) is 0 Å². The fraction of sp³-hybridized carbons (Fsp3) is 0.348. The second-order valence-electron chi connectivity index (χ2n) is 7.63. The molecule has 32 heavy (non-hydrogen) atoms. The normalized spacial score (nSPS) is 14.9. The van der Waals surface area contributed by atoms with Crippen LogP contribution in [0.25, 0.3) is 5.69 Å². The Hall–Kier alpha value is -2.55. The minimum Gasteiger partial charge on any atom is -0.378 e. The molecule has 0 bridgehead atoms. The van der Waals surface area contributed by atoms with Crippen molar-refractivity contribution in [2.45, 2.75) is 25.0 Å². The summed E-state index contributed by atoms with van der Waals surface area (Å²) >= 11 is 7.34. The summed E-state index contributed by atoms with van der Waals surface area (Å²) < 4.78 is 7.53. The van der Waals surface area contributed by atoms with Crippen molar-refractivity contribution in [3.63, 3.8) is 0 Å². The fourth-order valence-electron chi connectivity index (χ4n) is 3.60. The maximum absolute atomic E-state index is 12.6. The number of aryl methyl sites for hydroxylation is 1. The summed E-state index contributed by atoms with van der Waals surface area (Å²) in [6.45, 7) is 6.86. The smallest absolute Gasteiger partial charge is 0.232 e. The van der Waals surface area contributed by atoms with Crippen LogP contribution in [-0.4, -0.2) is 52.7 Å². The van der Waals surface area contributed by atoms with E-state index in [0.29, 0.717) is 23.4 Å². The Morgan fingerprint density at radius 1 is 1.16 bits per heavy atom. The highest BCUT2D eigenvalue weighted by Gasteiger charge is 2.23. The number of thioether (sulfide) groups is 1. The van der Waals surface area contributed by atoms with Crippen LogP contribution in [0.4, 0.5) is 5.95 Å². The summed E-state index contributed by atoms with van der Waals surface area (Å²) in [5.74, 6) is 0.954. The zero-order valence-corrected chi connectivity index (χ0v) is 19.7. The average Bonchev–Trinajstić information content (AvgIpc) is 3.23. The first-order chi connectivity index (χ1) is 15.5. The van der Waals surface area contributed by atoms with Gasteiger partial charge in [-0.3, -0.25) is 9.36 Å². The molecule has 4 rings (SSSR count). The Balaban J connectivity index is 1.50. The van der Waals surface area contributed by atoms with E-state index in [-0.39, 0.29) is 17.7 Å². The van der Waals surface area contributed by atoms with Gasteiger partial charge in [0, 0.05) is 18.1 Å². The van der Waals surface area contributed by atoms with Crippen molar-refractivity contribution in [3.05, 3.63) is 64.7 Å². The molecule has 3 aromatic rings. The van der Waals surface area contributed by atoms with E-state index in [1.165, 1.54) is 11.8 Å². The van der Waals surface area contributed by atoms with E-state index in [2.05, 4.69) is 39.5 Å². The monoisotopic (exact) mass is 471 g/mol. The van der Waals surface area contributed by atoms with Crippen LogP contribution in [0.1, 0.15) is 24.1 Å². The zero-order valence-electron chi connectivity index (χ0n) is 18.1. The molecule has 168 valence electrons. The molecule has 2 heterocycles. The number of carbonyl (C=O) groups excluding carboxylic acids is 1. The highest BCUT2D eigenvalue weighted by atomic mass is 35.5. The zero-order chi connectivity index (χ0) is 22.5. The van der Waals surface area contributed by atoms with E-state index in [9.17, 15) is 4.79 Å². The third-order valence-corrected chi connectivity index (χ3v) is 6.53. The van der Waals surface area contributed by atoms with Gasteiger partial charge in [0.2, 0.25) is 11.9 Å². The first kappa shape index (κ1) is 22.6. The first-order valence-corrected chi connectivity index (χ1v) is 11.9. The lowest BCUT2D eigenvalue weighted by atomic mass is 10.1. The van der Waals surface area contributed by atoms with Gasteiger partial charge in [-0.25, -0.2) is 0 Å². The van der Waals surface area contributed by atoms with Crippen molar-refractivity contribution < 1.29 is 9.53 Å². The number of ether oxygens (including phenoxy) is 1. The van der Waals surface area contributed by atoms with Crippen molar-refractivity contribution in [1.82, 2.24) is 20.1 Å². The maximum Gasteiger partial charge on any atom is 0.232 e. The lowest BCUT2D eigenvalue weighted by Crippen LogP contribution is -2.38. The van der Waals surface area contributed by atoms with Crippen molar-refractivity contribution in [3.8, 4) is 5.69 Å². The Kier molecular flexibility index (Phi) is 7.34. The molecule has 1 unspecified atom stereocenters. The number of rotatable bonds is 7. The standard InChI is InChI=1S/C23H26ClN5O2S/c1-16-5-3-4-6-20(16)29-22(28-11-13-31-14-12-28)26-27-23(29)32-15-21(30)25-17(2)18-7-9-19(24)10-8-18/h3-10,17H,11-15H2,1-2H3,(H,25,30). The molecule has 7 nitrogen and oxygen atoms in total. The van der Waals surface area contributed by atoms with Crippen molar-refractivity contribution >= 4 is 35.2 Å². The first-order valence-electron chi connectivity index (χ1n) is 10.5. The second-order valence-corrected chi connectivity index (χ2v) is 9.01. The predicted molar refractivity (Wildman–Crippen MR) is 128 cm³/mol. The number of amides is 1. The van der Waals surface area contributed by atoms with Crippen LogP contribution in [0.2, 0.25) is 5.02 Å². The molecule has 0 aliphatic carbocycles. The van der Waals surface area contributed by atoms with Crippen LogP contribution >= 0.6 is 23.4 Å². The summed E-state index contributed by atoms with van der Waals surface area (Å²) in [6, 6.07) is 15.5. The van der Waals surface area contributed by atoms with Crippen molar-refractivity contribution in [2.24, 2.45) is 0 Å². The molecular weight excluding hydrogens is 446 g/mol. The number of anilines is 1. The van der Waals surface area contributed by atoms with Crippen molar-refractivity contribution in [1.29, 1.82) is 0 Å².